The van der Waals surface area contributed by atoms with Crippen LogP contribution in [0.25, 0.3) is 10.8 Å². The number of benzene rings is 3. The third kappa shape index (κ3) is 3.44. The number of anilines is 1. The summed E-state index contributed by atoms with van der Waals surface area (Å²) in [6.45, 7) is 2.62. The van der Waals surface area contributed by atoms with Crippen LogP contribution in [0.5, 0.6) is 0 Å². The maximum Gasteiger partial charge on any atom is 0.193 e. The van der Waals surface area contributed by atoms with Crippen LogP contribution in [-0.2, 0) is 6.54 Å². The summed E-state index contributed by atoms with van der Waals surface area (Å²) in [5, 5.41) is 5.56. The Morgan fingerprint density at radius 2 is 1.68 bits per heavy atom. The Labute approximate surface area is 130 Å². The summed E-state index contributed by atoms with van der Waals surface area (Å²) in [6, 6.07) is 22.7. The van der Waals surface area contributed by atoms with E-state index in [0.717, 1.165) is 11.3 Å². The second-order valence-electron chi connectivity index (χ2n) is 5.37. The molecule has 22 heavy (non-hydrogen) atoms. The molecular formula is C19H19N3. The molecule has 0 aliphatic carbocycles. The van der Waals surface area contributed by atoms with Gasteiger partial charge in [-0.05, 0) is 41.5 Å². The van der Waals surface area contributed by atoms with E-state index in [-0.39, 0.29) is 0 Å². The number of hydrogen-bond acceptors (Lipinski definition) is 1. The average molecular weight is 289 g/mol. The van der Waals surface area contributed by atoms with Crippen LogP contribution in [0, 0.1) is 6.92 Å². The number of guanidine groups is 1. The molecule has 3 heteroatoms. The van der Waals surface area contributed by atoms with Crippen LogP contribution in [0.2, 0.25) is 0 Å². The maximum absolute atomic E-state index is 5.94. The molecule has 0 heterocycles. The molecule has 0 aliphatic rings. The van der Waals surface area contributed by atoms with Crippen LogP contribution >= 0.6 is 0 Å². The molecule has 110 valence electrons. The number of hydrogen-bond donors (Lipinski definition) is 2. The maximum atomic E-state index is 5.94. The standard InChI is InChI=1S/C19H19N3/c1-14-6-10-18(11-7-14)22-19(20)21-13-15-8-9-16-4-2-3-5-17(16)12-15/h2-12H,13H2,1H3,(H3,20,21,22). The van der Waals surface area contributed by atoms with Crippen LogP contribution in [0.3, 0.4) is 0 Å². The van der Waals surface area contributed by atoms with Gasteiger partial charge in [-0.2, -0.15) is 0 Å². The summed E-state index contributed by atoms with van der Waals surface area (Å²) in [6.07, 6.45) is 0. The highest BCUT2D eigenvalue weighted by Crippen LogP contribution is 2.16. The quantitative estimate of drug-likeness (QED) is 0.564. The lowest BCUT2D eigenvalue weighted by molar-refractivity contribution is 1.06. The van der Waals surface area contributed by atoms with E-state index in [0.29, 0.717) is 12.5 Å². The Bertz CT molecular complexity index is 804. The average Bonchev–Trinajstić information content (AvgIpc) is 2.55. The summed E-state index contributed by atoms with van der Waals surface area (Å²) in [4.78, 5) is 4.40. The van der Waals surface area contributed by atoms with Gasteiger partial charge in [0.15, 0.2) is 5.96 Å². The Morgan fingerprint density at radius 3 is 2.45 bits per heavy atom. The number of nitrogens with zero attached hydrogens (tertiary/aromatic N) is 1. The first-order valence-corrected chi connectivity index (χ1v) is 7.32. The topological polar surface area (TPSA) is 50.4 Å². The van der Waals surface area contributed by atoms with E-state index in [2.05, 4.69) is 47.6 Å². The van der Waals surface area contributed by atoms with E-state index < -0.39 is 0 Å². The van der Waals surface area contributed by atoms with E-state index >= 15 is 0 Å². The second-order valence-corrected chi connectivity index (χ2v) is 5.37. The highest BCUT2D eigenvalue weighted by Gasteiger charge is 1.97. The molecule has 0 aliphatic heterocycles. The number of aryl methyl sites for hydroxylation is 1. The third-order valence-electron chi connectivity index (χ3n) is 3.57. The molecule has 0 spiro atoms. The van der Waals surface area contributed by atoms with Gasteiger partial charge in [0.25, 0.3) is 0 Å². The fourth-order valence-electron chi connectivity index (χ4n) is 2.34. The van der Waals surface area contributed by atoms with Crippen molar-refractivity contribution in [3.8, 4) is 0 Å². The van der Waals surface area contributed by atoms with Gasteiger partial charge in [-0.15, -0.1) is 0 Å². The van der Waals surface area contributed by atoms with Crippen LogP contribution in [0.4, 0.5) is 5.69 Å². The van der Waals surface area contributed by atoms with Gasteiger partial charge in [-0.1, -0.05) is 54.1 Å². The van der Waals surface area contributed by atoms with Crippen LogP contribution in [0.15, 0.2) is 71.7 Å². The van der Waals surface area contributed by atoms with Crippen molar-refractivity contribution in [3.05, 3.63) is 77.9 Å². The zero-order valence-electron chi connectivity index (χ0n) is 12.6. The van der Waals surface area contributed by atoms with Gasteiger partial charge in [0.1, 0.15) is 0 Å². The minimum absolute atomic E-state index is 0.428. The zero-order valence-corrected chi connectivity index (χ0v) is 12.6. The lowest BCUT2D eigenvalue weighted by Gasteiger charge is -2.06. The van der Waals surface area contributed by atoms with Gasteiger partial charge < -0.3 is 11.1 Å². The monoisotopic (exact) mass is 289 g/mol. The molecule has 0 atom stereocenters. The highest BCUT2D eigenvalue weighted by molar-refractivity contribution is 5.92. The number of rotatable bonds is 3. The van der Waals surface area contributed by atoms with Gasteiger partial charge in [0.2, 0.25) is 0 Å². The van der Waals surface area contributed by atoms with Crippen molar-refractivity contribution in [2.75, 3.05) is 5.32 Å². The fraction of sp³-hybridized carbons (Fsp3) is 0.105. The molecule has 3 nitrogen and oxygen atoms in total. The number of nitrogens with one attached hydrogen (secondary N) is 1. The van der Waals surface area contributed by atoms with Gasteiger partial charge in [0.05, 0.1) is 6.54 Å². The van der Waals surface area contributed by atoms with Crippen LogP contribution in [-0.4, -0.2) is 5.96 Å². The first kappa shape index (κ1) is 14.1. The Hall–Kier alpha value is -2.81. The van der Waals surface area contributed by atoms with Crippen LogP contribution in [0.1, 0.15) is 11.1 Å². The normalized spacial score (nSPS) is 11.6. The third-order valence-corrected chi connectivity index (χ3v) is 3.57. The van der Waals surface area contributed by atoms with Crippen molar-refractivity contribution in [2.45, 2.75) is 13.5 Å². The second kappa shape index (κ2) is 6.31. The van der Waals surface area contributed by atoms with Crippen LogP contribution < -0.4 is 11.1 Å². The molecule has 0 saturated heterocycles. The van der Waals surface area contributed by atoms with E-state index in [9.17, 15) is 0 Å². The van der Waals surface area contributed by atoms with Crippen molar-refractivity contribution < 1.29 is 0 Å². The molecule has 0 bridgehead atoms. The van der Waals surface area contributed by atoms with Crippen molar-refractivity contribution in [3.63, 3.8) is 0 Å². The minimum Gasteiger partial charge on any atom is -0.370 e. The smallest absolute Gasteiger partial charge is 0.193 e. The summed E-state index contributed by atoms with van der Waals surface area (Å²) >= 11 is 0. The summed E-state index contributed by atoms with van der Waals surface area (Å²) in [5.74, 6) is 0.428. The van der Waals surface area contributed by atoms with Gasteiger partial charge in [-0.25, -0.2) is 4.99 Å². The van der Waals surface area contributed by atoms with E-state index in [1.807, 2.05) is 36.4 Å². The van der Waals surface area contributed by atoms with E-state index in [1.54, 1.807) is 0 Å². The zero-order chi connectivity index (χ0) is 15.4. The van der Waals surface area contributed by atoms with E-state index in [1.165, 1.54) is 16.3 Å². The fourth-order valence-corrected chi connectivity index (χ4v) is 2.34. The summed E-state index contributed by atoms with van der Waals surface area (Å²) < 4.78 is 0. The molecule has 3 aromatic carbocycles. The summed E-state index contributed by atoms with van der Waals surface area (Å²) in [5.41, 5.74) is 9.26. The number of fused-ring (bicyclic) bond motifs is 1. The predicted molar refractivity (Wildman–Crippen MR) is 94.1 cm³/mol. The lowest BCUT2D eigenvalue weighted by atomic mass is 10.1. The van der Waals surface area contributed by atoms with Crippen molar-refractivity contribution in [1.82, 2.24) is 0 Å². The predicted octanol–water partition coefficient (Wildman–Crippen LogP) is 4.08. The molecule has 0 aromatic heterocycles. The van der Waals surface area contributed by atoms with Gasteiger partial charge >= 0.3 is 0 Å². The molecule has 3 N–H and O–H groups in total. The van der Waals surface area contributed by atoms with Crippen molar-refractivity contribution in [2.24, 2.45) is 10.7 Å². The van der Waals surface area contributed by atoms with Gasteiger partial charge in [-0.3, -0.25) is 0 Å². The molecule has 0 radical (unpaired) electrons. The SMILES string of the molecule is Cc1ccc(NC(N)=NCc2ccc3ccccc3c2)cc1. The van der Waals surface area contributed by atoms with E-state index in [4.69, 9.17) is 5.73 Å². The summed E-state index contributed by atoms with van der Waals surface area (Å²) in [7, 11) is 0. The van der Waals surface area contributed by atoms with Gasteiger partial charge in [0, 0.05) is 5.69 Å². The number of aliphatic imine (C=N–C) groups is 1. The minimum atomic E-state index is 0.428. The Morgan fingerprint density at radius 1 is 0.955 bits per heavy atom. The molecule has 3 rings (SSSR count). The first-order valence-electron chi connectivity index (χ1n) is 7.32. The highest BCUT2D eigenvalue weighted by atomic mass is 15.1. The molecule has 0 unspecified atom stereocenters. The molecule has 0 amide bonds. The Balaban J connectivity index is 1.70. The molecule has 0 saturated carbocycles. The first-order chi connectivity index (χ1) is 10.7. The number of nitrogens with two attached hydrogens (primary N) is 1. The largest absolute Gasteiger partial charge is 0.370 e. The Kier molecular flexibility index (Phi) is 4.05. The van der Waals surface area contributed by atoms with Crippen molar-refractivity contribution >= 4 is 22.4 Å². The molecule has 0 fully saturated rings. The molecular weight excluding hydrogens is 270 g/mol. The molecule has 3 aromatic rings. The van der Waals surface area contributed by atoms with Crippen molar-refractivity contribution in [1.29, 1.82) is 0 Å². The lowest BCUT2D eigenvalue weighted by Crippen LogP contribution is -2.22.